The smallest absolute Gasteiger partial charge is 0.387 e. The highest BCUT2D eigenvalue weighted by molar-refractivity contribution is 7.64. The molecule has 17 nitrogen and oxygen atoms in total. The third-order valence-electron chi connectivity index (χ3n) is 4.37. The Labute approximate surface area is 179 Å². The minimum absolute atomic E-state index is 0.177. The van der Waals surface area contributed by atoms with Crippen molar-refractivity contribution in [3.05, 3.63) is 18.6 Å². The van der Waals surface area contributed by atoms with Crippen LogP contribution in [-0.4, -0.2) is 64.2 Å². The Bertz CT molecular complexity index is 1110. The number of hydrogen-bond acceptors (Lipinski definition) is 14. The molecule has 2 aromatic rings. The fourth-order valence-corrected chi connectivity index (χ4v) is 5.64. The molecular weight excluding hydrogens is 501 g/mol. The lowest BCUT2D eigenvalue weighted by Crippen LogP contribution is -2.44. The van der Waals surface area contributed by atoms with E-state index in [4.69, 9.17) is 25.1 Å². The van der Waals surface area contributed by atoms with Crippen molar-refractivity contribution in [2.45, 2.75) is 31.0 Å². The van der Waals surface area contributed by atoms with Gasteiger partial charge >= 0.3 is 23.9 Å². The minimum Gasteiger partial charge on any atom is -0.387 e. The van der Waals surface area contributed by atoms with Crippen LogP contribution in [0.4, 0.5) is 5.82 Å². The van der Waals surface area contributed by atoms with Crippen LogP contribution in [0.25, 0.3) is 11.0 Å². The van der Waals surface area contributed by atoms with Crippen LogP contribution < -0.4 is 5.73 Å². The van der Waals surface area contributed by atoms with E-state index in [0.29, 0.717) is 11.0 Å². The van der Waals surface area contributed by atoms with Crippen LogP contribution in [0.2, 0.25) is 0 Å². The highest BCUT2D eigenvalue weighted by Gasteiger charge is 2.54. The fourth-order valence-electron chi connectivity index (χ4n) is 2.96. The van der Waals surface area contributed by atoms with Gasteiger partial charge in [0.25, 0.3) is 0 Å². The van der Waals surface area contributed by atoms with Crippen LogP contribution >= 0.6 is 23.9 Å². The molecule has 1 aliphatic heterocycles. The topological polar surface area (TPSA) is 255 Å². The maximum absolute atomic E-state index is 11.8. The maximum Gasteiger partial charge on any atom is 0.708 e. The second kappa shape index (κ2) is 9.08. The fraction of sp³-hybridized carbons (Fsp3) is 0.500. The van der Waals surface area contributed by atoms with Crippen LogP contribution in [0.1, 0.15) is 13.2 Å². The lowest BCUT2D eigenvalue weighted by molar-refractivity contribution is -0.157. The summed E-state index contributed by atoms with van der Waals surface area (Å²) in [6.07, 6.45) is -1.42. The van der Waals surface area contributed by atoms with Gasteiger partial charge in [0.15, 0.2) is 6.23 Å². The van der Waals surface area contributed by atoms with Crippen LogP contribution in [-0.2, 0) is 36.3 Å². The van der Waals surface area contributed by atoms with E-state index in [1.165, 1.54) is 24.0 Å². The van der Waals surface area contributed by atoms with Gasteiger partial charge < -0.3 is 30.1 Å². The second-order valence-corrected chi connectivity index (χ2v) is 10.7. The number of anilines is 1. The SMILES string of the molecule is C[C@]1(O)[C@H](O)[C@@H](CO[P+](=O)OP(=O)(O)OP(=O)(O)OO)O[C@H]1n1ccc2c(N)ncnc21. The molecule has 0 saturated carbocycles. The van der Waals surface area contributed by atoms with Gasteiger partial charge in [-0.2, -0.15) is 4.31 Å². The monoisotopic (exact) mass is 519 g/mol. The van der Waals surface area contributed by atoms with Gasteiger partial charge in [0.2, 0.25) is 0 Å². The lowest BCUT2D eigenvalue weighted by atomic mass is 9.96. The molecule has 0 aromatic carbocycles. The minimum atomic E-state index is -5.46. The number of nitrogens with two attached hydrogens (primary N) is 1. The van der Waals surface area contributed by atoms with Gasteiger partial charge in [0.05, 0.1) is 5.39 Å². The van der Waals surface area contributed by atoms with Crippen molar-refractivity contribution in [1.29, 1.82) is 0 Å². The Morgan fingerprint density at radius 1 is 1.34 bits per heavy atom. The number of aliphatic hydroxyl groups is 2. The second-order valence-electron chi connectivity index (χ2n) is 6.62. The summed E-state index contributed by atoms with van der Waals surface area (Å²) in [5, 5.41) is 29.8. The van der Waals surface area contributed by atoms with Crippen molar-refractivity contribution < 1.29 is 61.5 Å². The average Bonchev–Trinajstić information content (AvgIpc) is 3.19. The number of phosphoric acid groups is 2. The summed E-state index contributed by atoms with van der Waals surface area (Å²) in [4.78, 5) is 26.0. The van der Waals surface area contributed by atoms with Crippen LogP contribution in [0.15, 0.2) is 18.6 Å². The molecule has 2 aromatic heterocycles. The summed E-state index contributed by atoms with van der Waals surface area (Å²) in [7, 11) is -14.3. The molecule has 3 unspecified atom stereocenters. The molecule has 7 atom stereocenters. The number of aromatic nitrogens is 3. The van der Waals surface area contributed by atoms with Crippen molar-refractivity contribution in [3.8, 4) is 0 Å². The summed E-state index contributed by atoms with van der Waals surface area (Å²) < 4.78 is 56.5. The number of hydrogen-bond donors (Lipinski definition) is 6. The standard InChI is InChI=1S/C12H17N4O13P3/c1-12(18)8(17)7(4-25-30(20)28-32(23,24)29-31(21,22)27-19)26-11(12)16-3-2-6-9(13)14-5-15-10(6)16/h2-3,5,7-8,11,17-18H,4H2,1H3,(H4-,13,14,15,19,21,22,23,24)/p+1/t7-,8-,11-,12+/m1/s1. The quantitative estimate of drug-likeness (QED) is 0.149. The molecule has 3 rings (SSSR count). The molecule has 3 heterocycles. The van der Waals surface area contributed by atoms with Gasteiger partial charge in [-0.05, 0) is 17.3 Å². The van der Waals surface area contributed by atoms with Crippen molar-refractivity contribution in [1.82, 2.24) is 14.5 Å². The van der Waals surface area contributed by atoms with Gasteiger partial charge in [0, 0.05) is 10.8 Å². The number of aliphatic hydroxyl groups excluding tert-OH is 1. The Balaban J connectivity index is 1.68. The van der Waals surface area contributed by atoms with E-state index in [1.807, 2.05) is 0 Å². The van der Waals surface area contributed by atoms with E-state index in [1.54, 1.807) is 6.07 Å². The average molecular weight is 519 g/mol. The number of fused-ring (bicyclic) bond motifs is 1. The summed E-state index contributed by atoms with van der Waals surface area (Å²) in [6, 6.07) is 1.57. The number of nitrogen functional groups attached to an aromatic ring is 1. The molecule has 0 bridgehead atoms. The first-order valence-corrected chi connectivity index (χ1v) is 12.5. The van der Waals surface area contributed by atoms with E-state index in [9.17, 15) is 28.8 Å². The Kier molecular flexibility index (Phi) is 7.15. The molecular formula is C12H18N4O13P3+. The van der Waals surface area contributed by atoms with Crippen LogP contribution in [0.3, 0.4) is 0 Å². The summed E-state index contributed by atoms with van der Waals surface area (Å²) in [6.45, 7) is 0.547. The zero-order valence-electron chi connectivity index (χ0n) is 15.9. The molecule has 0 aliphatic carbocycles. The molecule has 0 radical (unpaired) electrons. The Hall–Kier alpha value is -1.42. The predicted molar refractivity (Wildman–Crippen MR) is 102 cm³/mol. The summed E-state index contributed by atoms with van der Waals surface area (Å²) >= 11 is 0. The summed E-state index contributed by atoms with van der Waals surface area (Å²) in [5.74, 6) is 0.177. The van der Waals surface area contributed by atoms with Crippen molar-refractivity contribution in [2.24, 2.45) is 0 Å². The summed E-state index contributed by atoms with van der Waals surface area (Å²) in [5.41, 5.74) is 4.17. The van der Waals surface area contributed by atoms with E-state index in [0.717, 1.165) is 0 Å². The Morgan fingerprint density at radius 3 is 2.69 bits per heavy atom. The van der Waals surface area contributed by atoms with Gasteiger partial charge in [-0.15, -0.1) is 9.20 Å². The molecule has 20 heteroatoms. The van der Waals surface area contributed by atoms with E-state index < -0.39 is 54.5 Å². The normalized spacial score (nSPS) is 30.2. The molecule has 0 spiro atoms. The van der Waals surface area contributed by atoms with Crippen molar-refractivity contribution in [3.63, 3.8) is 0 Å². The molecule has 1 fully saturated rings. The first-order chi connectivity index (χ1) is 14.8. The van der Waals surface area contributed by atoms with Gasteiger partial charge in [-0.25, -0.2) is 24.4 Å². The number of nitrogens with zero attached hydrogens (tertiary/aromatic N) is 3. The number of ether oxygens (including phenoxy) is 1. The van der Waals surface area contributed by atoms with E-state index >= 15 is 0 Å². The van der Waals surface area contributed by atoms with E-state index in [2.05, 4.69) is 23.3 Å². The van der Waals surface area contributed by atoms with Gasteiger partial charge in [-0.1, -0.05) is 0 Å². The largest absolute Gasteiger partial charge is 0.708 e. The van der Waals surface area contributed by atoms with Gasteiger partial charge in [0.1, 0.15) is 42.2 Å². The zero-order valence-corrected chi connectivity index (χ0v) is 18.6. The molecule has 32 heavy (non-hydrogen) atoms. The Morgan fingerprint density at radius 2 is 2.03 bits per heavy atom. The van der Waals surface area contributed by atoms with Crippen molar-refractivity contribution >= 4 is 40.8 Å². The highest BCUT2D eigenvalue weighted by Crippen LogP contribution is 2.63. The maximum atomic E-state index is 11.8. The van der Waals surface area contributed by atoms with Crippen LogP contribution in [0, 0.1) is 0 Å². The lowest BCUT2D eigenvalue weighted by Gasteiger charge is -2.27. The third-order valence-corrected chi connectivity index (χ3v) is 7.95. The molecule has 178 valence electrons. The molecule has 1 saturated heterocycles. The zero-order chi connectivity index (χ0) is 23.9. The third kappa shape index (κ3) is 5.21. The molecule has 7 N–H and O–H groups in total. The van der Waals surface area contributed by atoms with Crippen molar-refractivity contribution in [2.75, 3.05) is 12.3 Å². The van der Waals surface area contributed by atoms with Gasteiger partial charge in [-0.3, -0.25) is 4.89 Å². The number of rotatable bonds is 9. The predicted octanol–water partition coefficient (Wildman–Crippen LogP) is 0.420. The molecule has 1 aliphatic rings. The van der Waals surface area contributed by atoms with E-state index in [-0.39, 0.29) is 5.82 Å². The first-order valence-electron chi connectivity index (χ1n) is 8.40. The van der Waals surface area contributed by atoms with Crippen LogP contribution in [0.5, 0.6) is 0 Å². The first kappa shape index (κ1) is 25.2. The highest BCUT2D eigenvalue weighted by atomic mass is 31.3. The molecule has 0 amide bonds.